The van der Waals surface area contributed by atoms with Crippen molar-refractivity contribution in [2.45, 2.75) is 19.4 Å². The Morgan fingerprint density at radius 2 is 2.00 bits per heavy atom. The quantitative estimate of drug-likeness (QED) is 0.858. The minimum absolute atomic E-state index is 0.104. The van der Waals surface area contributed by atoms with Gasteiger partial charge in [0.1, 0.15) is 0 Å². The summed E-state index contributed by atoms with van der Waals surface area (Å²) < 4.78 is 5.79. The summed E-state index contributed by atoms with van der Waals surface area (Å²) in [6, 6.07) is 3.32. The van der Waals surface area contributed by atoms with E-state index in [1.165, 1.54) is 7.11 Å². The van der Waals surface area contributed by atoms with Gasteiger partial charge in [-0.1, -0.05) is 15.9 Å². The summed E-state index contributed by atoms with van der Waals surface area (Å²) in [6.45, 7) is 3.78. The van der Waals surface area contributed by atoms with Crippen LogP contribution in [-0.2, 0) is 5.54 Å². The number of rotatable bonds is 2. The monoisotopic (exact) mass is 259 g/mol. The van der Waals surface area contributed by atoms with Gasteiger partial charge in [0.15, 0.2) is 11.5 Å². The smallest absolute Gasteiger partial charge is 0.160 e. The normalized spacial score (nSPS) is 11.5. The molecule has 78 valence electrons. The molecule has 0 aliphatic carbocycles. The molecule has 1 aromatic carbocycles. The molecule has 0 unspecified atom stereocenters. The number of phenolic OH excluding ortho intramolecular Hbond substituents is 1. The summed E-state index contributed by atoms with van der Waals surface area (Å²) >= 11 is 3.35. The van der Waals surface area contributed by atoms with Crippen LogP contribution in [0.3, 0.4) is 0 Å². The molecule has 14 heavy (non-hydrogen) atoms. The largest absolute Gasteiger partial charge is 0.504 e. The molecule has 0 spiro atoms. The number of methoxy groups -OCH3 is 1. The van der Waals surface area contributed by atoms with Crippen LogP contribution in [0.15, 0.2) is 16.6 Å². The van der Waals surface area contributed by atoms with Gasteiger partial charge in [-0.05, 0) is 31.5 Å². The fourth-order valence-electron chi connectivity index (χ4n) is 1.20. The van der Waals surface area contributed by atoms with Gasteiger partial charge in [-0.25, -0.2) is 0 Å². The molecular formula is C10H14BrNO2. The van der Waals surface area contributed by atoms with E-state index in [9.17, 15) is 5.11 Å². The molecule has 0 aliphatic rings. The van der Waals surface area contributed by atoms with Gasteiger partial charge in [0.25, 0.3) is 0 Å². The first-order valence-corrected chi connectivity index (χ1v) is 5.01. The lowest BCUT2D eigenvalue weighted by Gasteiger charge is -2.21. The van der Waals surface area contributed by atoms with Gasteiger partial charge >= 0.3 is 0 Å². The van der Waals surface area contributed by atoms with Crippen molar-refractivity contribution in [3.05, 3.63) is 22.2 Å². The summed E-state index contributed by atoms with van der Waals surface area (Å²) in [5, 5.41) is 9.49. The lowest BCUT2D eigenvalue weighted by atomic mass is 9.95. The lowest BCUT2D eigenvalue weighted by molar-refractivity contribution is 0.371. The highest BCUT2D eigenvalue weighted by Gasteiger charge is 2.20. The van der Waals surface area contributed by atoms with Crippen molar-refractivity contribution < 1.29 is 9.84 Å². The van der Waals surface area contributed by atoms with Crippen molar-refractivity contribution in [1.82, 2.24) is 0 Å². The molecule has 0 saturated heterocycles. The van der Waals surface area contributed by atoms with Crippen LogP contribution in [0.1, 0.15) is 19.4 Å². The Morgan fingerprint density at radius 1 is 1.43 bits per heavy atom. The van der Waals surface area contributed by atoms with E-state index in [2.05, 4.69) is 15.9 Å². The van der Waals surface area contributed by atoms with Crippen molar-refractivity contribution in [1.29, 1.82) is 0 Å². The third-order valence-corrected chi connectivity index (χ3v) is 2.62. The maximum absolute atomic E-state index is 9.49. The molecule has 0 atom stereocenters. The van der Waals surface area contributed by atoms with Gasteiger partial charge in [0, 0.05) is 10.0 Å². The van der Waals surface area contributed by atoms with E-state index in [4.69, 9.17) is 10.5 Å². The molecule has 0 bridgehead atoms. The number of benzene rings is 1. The number of ether oxygens (including phenoxy) is 1. The number of hydrogen-bond donors (Lipinski definition) is 2. The number of phenols is 1. The van der Waals surface area contributed by atoms with Crippen molar-refractivity contribution in [3.63, 3.8) is 0 Å². The zero-order valence-electron chi connectivity index (χ0n) is 8.47. The summed E-state index contributed by atoms with van der Waals surface area (Å²) in [4.78, 5) is 0. The molecule has 0 heterocycles. The molecule has 0 radical (unpaired) electrons. The SMILES string of the molecule is COc1cc(C(C)(C)N)c(Br)cc1O. The first-order valence-electron chi connectivity index (χ1n) is 4.22. The first-order chi connectivity index (χ1) is 6.36. The number of hydrogen-bond acceptors (Lipinski definition) is 3. The number of aromatic hydroxyl groups is 1. The average molecular weight is 260 g/mol. The zero-order chi connectivity index (χ0) is 10.9. The fourth-order valence-corrected chi connectivity index (χ4v) is 2.04. The minimum Gasteiger partial charge on any atom is -0.504 e. The molecule has 3 N–H and O–H groups in total. The molecule has 3 nitrogen and oxygen atoms in total. The Morgan fingerprint density at radius 3 is 2.43 bits per heavy atom. The van der Waals surface area contributed by atoms with Crippen LogP contribution in [0.5, 0.6) is 11.5 Å². The third-order valence-electron chi connectivity index (χ3n) is 1.96. The van der Waals surface area contributed by atoms with Crippen LogP contribution < -0.4 is 10.5 Å². The van der Waals surface area contributed by atoms with E-state index in [-0.39, 0.29) is 5.75 Å². The minimum atomic E-state index is -0.472. The van der Waals surface area contributed by atoms with E-state index >= 15 is 0 Å². The van der Waals surface area contributed by atoms with Crippen molar-refractivity contribution in [3.8, 4) is 11.5 Å². The second kappa shape index (κ2) is 3.79. The predicted octanol–water partition coefficient (Wildman–Crippen LogP) is 2.36. The second-order valence-electron chi connectivity index (χ2n) is 3.73. The molecule has 4 heteroatoms. The topological polar surface area (TPSA) is 55.5 Å². The highest BCUT2D eigenvalue weighted by atomic mass is 79.9. The van der Waals surface area contributed by atoms with Crippen LogP contribution in [0.2, 0.25) is 0 Å². The van der Waals surface area contributed by atoms with E-state index < -0.39 is 5.54 Å². The highest BCUT2D eigenvalue weighted by molar-refractivity contribution is 9.10. The Bertz CT molecular complexity index is 345. The molecule has 0 aromatic heterocycles. The summed E-state index contributed by atoms with van der Waals surface area (Å²) in [6.07, 6.45) is 0. The molecule has 0 amide bonds. The van der Waals surface area contributed by atoms with E-state index in [1.807, 2.05) is 13.8 Å². The molecule has 0 aliphatic heterocycles. The molecular weight excluding hydrogens is 246 g/mol. The third kappa shape index (κ3) is 2.19. The number of nitrogens with two attached hydrogens (primary N) is 1. The average Bonchev–Trinajstić information content (AvgIpc) is 2.02. The highest BCUT2D eigenvalue weighted by Crippen LogP contribution is 2.36. The molecule has 0 saturated carbocycles. The fraction of sp³-hybridized carbons (Fsp3) is 0.400. The molecule has 0 fully saturated rings. The first kappa shape index (κ1) is 11.3. The van der Waals surface area contributed by atoms with Crippen molar-refractivity contribution >= 4 is 15.9 Å². The van der Waals surface area contributed by atoms with E-state index in [0.29, 0.717) is 5.75 Å². The van der Waals surface area contributed by atoms with Crippen molar-refractivity contribution in [2.75, 3.05) is 7.11 Å². The van der Waals surface area contributed by atoms with Gasteiger partial charge in [0.2, 0.25) is 0 Å². The maximum atomic E-state index is 9.49. The Kier molecular flexibility index (Phi) is 3.07. The van der Waals surface area contributed by atoms with Crippen LogP contribution in [0.25, 0.3) is 0 Å². The predicted molar refractivity (Wildman–Crippen MR) is 59.6 cm³/mol. The van der Waals surface area contributed by atoms with Crippen LogP contribution in [0, 0.1) is 0 Å². The van der Waals surface area contributed by atoms with Crippen LogP contribution >= 0.6 is 15.9 Å². The van der Waals surface area contributed by atoms with Crippen LogP contribution in [-0.4, -0.2) is 12.2 Å². The van der Waals surface area contributed by atoms with E-state index in [1.54, 1.807) is 12.1 Å². The van der Waals surface area contributed by atoms with Crippen LogP contribution in [0.4, 0.5) is 0 Å². The zero-order valence-corrected chi connectivity index (χ0v) is 10.1. The number of halogens is 1. The summed E-state index contributed by atoms with van der Waals surface area (Å²) in [5.74, 6) is 0.536. The van der Waals surface area contributed by atoms with Gasteiger partial charge < -0.3 is 15.6 Å². The summed E-state index contributed by atoms with van der Waals surface area (Å²) in [7, 11) is 1.51. The Hall–Kier alpha value is -0.740. The van der Waals surface area contributed by atoms with Gasteiger partial charge in [0.05, 0.1) is 7.11 Å². The lowest BCUT2D eigenvalue weighted by Crippen LogP contribution is -2.29. The van der Waals surface area contributed by atoms with E-state index in [0.717, 1.165) is 10.0 Å². The Balaban J connectivity index is 3.32. The maximum Gasteiger partial charge on any atom is 0.160 e. The van der Waals surface area contributed by atoms with Gasteiger partial charge in [-0.3, -0.25) is 0 Å². The van der Waals surface area contributed by atoms with Crippen molar-refractivity contribution in [2.24, 2.45) is 5.73 Å². The second-order valence-corrected chi connectivity index (χ2v) is 4.58. The Labute approximate surface area is 92.0 Å². The van der Waals surface area contributed by atoms with Gasteiger partial charge in [-0.15, -0.1) is 0 Å². The molecule has 1 aromatic rings. The standard InChI is InChI=1S/C10H14BrNO2/c1-10(2,12)6-4-9(14-3)8(13)5-7(6)11/h4-5,13H,12H2,1-3H3. The molecule has 1 rings (SSSR count). The van der Waals surface area contributed by atoms with Gasteiger partial charge in [-0.2, -0.15) is 0 Å². The summed E-state index contributed by atoms with van der Waals surface area (Å²) in [5.41, 5.74) is 6.39.